The van der Waals surface area contributed by atoms with E-state index in [0.29, 0.717) is 19.5 Å². The molecule has 29 heavy (non-hydrogen) atoms. The van der Waals surface area contributed by atoms with Crippen LogP contribution in [0, 0.1) is 5.82 Å². The lowest BCUT2D eigenvalue weighted by molar-refractivity contribution is -0.150. The number of carbonyl (C=O) groups excluding carboxylic acids is 1. The van der Waals surface area contributed by atoms with E-state index in [1.165, 1.54) is 23.5 Å². The molecule has 4 rings (SSSR count). The van der Waals surface area contributed by atoms with Crippen LogP contribution in [0.4, 0.5) is 9.52 Å². The van der Waals surface area contributed by atoms with Gasteiger partial charge < -0.3 is 14.4 Å². The zero-order valence-corrected chi connectivity index (χ0v) is 17.6. The summed E-state index contributed by atoms with van der Waals surface area (Å²) in [6.07, 6.45) is 1.09. The van der Waals surface area contributed by atoms with Crippen LogP contribution in [0.15, 0.2) is 47.4 Å². The van der Waals surface area contributed by atoms with Crippen molar-refractivity contribution in [3.63, 3.8) is 0 Å². The number of ether oxygens (including phenoxy) is 2. The largest absolute Gasteiger partial charge is 0.497 e. The third-order valence-electron chi connectivity index (χ3n) is 4.61. The molecule has 0 atom stereocenters. The molecule has 8 heteroatoms. The van der Waals surface area contributed by atoms with Crippen molar-refractivity contribution in [3.05, 3.63) is 48.3 Å². The van der Waals surface area contributed by atoms with E-state index in [1.54, 1.807) is 24.9 Å². The molecule has 0 amide bonds. The third kappa shape index (κ3) is 5.00. The van der Waals surface area contributed by atoms with Crippen LogP contribution < -0.4 is 9.64 Å². The predicted molar refractivity (Wildman–Crippen MR) is 115 cm³/mol. The van der Waals surface area contributed by atoms with Gasteiger partial charge in [0, 0.05) is 11.3 Å². The number of thiazole rings is 1. The summed E-state index contributed by atoms with van der Waals surface area (Å²) < 4.78 is 24.8. The molecule has 152 valence electrons. The normalized spacial score (nSPS) is 14.1. The number of carbonyl (C=O) groups is 1. The molecule has 2 aromatic carbocycles. The number of fused-ring (bicyclic) bond motifs is 1. The van der Waals surface area contributed by atoms with Gasteiger partial charge in [0.25, 0.3) is 0 Å². The van der Waals surface area contributed by atoms with Crippen LogP contribution in [0.2, 0.25) is 0 Å². The first-order valence-electron chi connectivity index (χ1n) is 9.38. The molecular formula is C21H21FN2O3S2. The van der Waals surface area contributed by atoms with Crippen LogP contribution in [-0.4, -0.2) is 43.0 Å². The highest BCUT2D eigenvalue weighted by atomic mass is 32.2. The summed E-state index contributed by atoms with van der Waals surface area (Å²) in [6, 6.07) is 12.5. The standard InChI is InChI=1S/C21H21FN2O3S2/c1-26-15-5-7-17(8-6-15)28-10-2-3-20(25)27-16-12-24(13-16)21-23-18-9-4-14(22)11-19(18)29-21/h4-9,11,16H,2-3,10,12-13H2,1H3. The SMILES string of the molecule is COc1ccc(SCCCC(=O)OC2CN(c3nc4ccc(F)cc4s3)C2)cc1. The van der Waals surface area contributed by atoms with Crippen molar-refractivity contribution < 1.29 is 18.7 Å². The molecule has 0 bridgehead atoms. The van der Waals surface area contributed by atoms with Crippen molar-refractivity contribution in [3.8, 4) is 5.75 Å². The van der Waals surface area contributed by atoms with E-state index in [4.69, 9.17) is 9.47 Å². The maximum Gasteiger partial charge on any atom is 0.306 e. The molecule has 1 aliphatic heterocycles. The first-order chi connectivity index (χ1) is 14.1. The summed E-state index contributed by atoms with van der Waals surface area (Å²) in [5.41, 5.74) is 0.793. The number of anilines is 1. The van der Waals surface area contributed by atoms with Gasteiger partial charge in [-0.05, 0) is 54.6 Å². The topological polar surface area (TPSA) is 51.7 Å². The molecule has 0 radical (unpaired) electrons. The number of hydrogen-bond acceptors (Lipinski definition) is 7. The number of rotatable bonds is 8. The fraction of sp³-hybridized carbons (Fsp3) is 0.333. The van der Waals surface area contributed by atoms with Gasteiger partial charge in [-0.25, -0.2) is 9.37 Å². The third-order valence-corrected chi connectivity index (χ3v) is 6.79. The minimum atomic E-state index is -0.256. The number of aromatic nitrogens is 1. The first kappa shape index (κ1) is 20.0. The molecular weight excluding hydrogens is 411 g/mol. The van der Waals surface area contributed by atoms with E-state index in [1.807, 2.05) is 24.3 Å². The van der Waals surface area contributed by atoms with Crippen molar-refractivity contribution in [2.75, 3.05) is 30.9 Å². The van der Waals surface area contributed by atoms with E-state index in [0.717, 1.165) is 38.2 Å². The van der Waals surface area contributed by atoms with E-state index in [-0.39, 0.29) is 17.9 Å². The van der Waals surface area contributed by atoms with Crippen LogP contribution in [0.1, 0.15) is 12.8 Å². The summed E-state index contributed by atoms with van der Waals surface area (Å²) >= 11 is 3.17. The van der Waals surface area contributed by atoms with Crippen LogP contribution in [0.5, 0.6) is 5.75 Å². The molecule has 1 fully saturated rings. The van der Waals surface area contributed by atoms with Gasteiger partial charge in [0.1, 0.15) is 17.7 Å². The lowest BCUT2D eigenvalue weighted by Gasteiger charge is -2.38. The number of halogens is 1. The number of methoxy groups -OCH3 is 1. The van der Waals surface area contributed by atoms with Crippen LogP contribution in [0.3, 0.4) is 0 Å². The highest BCUT2D eigenvalue weighted by Gasteiger charge is 2.32. The summed E-state index contributed by atoms with van der Waals surface area (Å²) in [7, 11) is 1.65. The summed E-state index contributed by atoms with van der Waals surface area (Å²) in [5, 5.41) is 0.841. The number of benzene rings is 2. The highest BCUT2D eigenvalue weighted by Crippen LogP contribution is 2.32. The van der Waals surface area contributed by atoms with E-state index in [9.17, 15) is 9.18 Å². The highest BCUT2D eigenvalue weighted by molar-refractivity contribution is 7.99. The lowest BCUT2D eigenvalue weighted by Crippen LogP contribution is -2.53. The minimum Gasteiger partial charge on any atom is -0.497 e. The predicted octanol–water partition coefficient (Wildman–Crippen LogP) is 4.75. The second-order valence-corrected chi connectivity index (χ2v) is 8.93. The van der Waals surface area contributed by atoms with Gasteiger partial charge in [-0.3, -0.25) is 4.79 Å². The summed E-state index contributed by atoms with van der Waals surface area (Å²) in [4.78, 5) is 19.8. The fourth-order valence-electron chi connectivity index (χ4n) is 3.01. The number of esters is 1. The average molecular weight is 433 g/mol. The summed E-state index contributed by atoms with van der Waals surface area (Å²) in [6.45, 7) is 1.27. The maximum atomic E-state index is 13.3. The van der Waals surface area contributed by atoms with Crippen molar-refractivity contribution in [2.45, 2.75) is 23.8 Å². The van der Waals surface area contributed by atoms with Crippen LogP contribution >= 0.6 is 23.1 Å². The van der Waals surface area contributed by atoms with Gasteiger partial charge in [0.2, 0.25) is 0 Å². The first-order valence-corrected chi connectivity index (χ1v) is 11.2. The van der Waals surface area contributed by atoms with Gasteiger partial charge >= 0.3 is 5.97 Å². The number of thioether (sulfide) groups is 1. The lowest BCUT2D eigenvalue weighted by atomic mass is 10.2. The Morgan fingerprint density at radius 1 is 1.28 bits per heavy atom. The van der Waals surface area contributed by atoms with E-state index >= 15 is 0 Å². The van der Waals surface area contributed by atoms with Crippen LogP contribution in [0.25, 0.3) is 10.2 Å². The quantitative estimate of drug-likeness (QED) is 0.291. The van der Waals surface area contributed by atoms with Crippen molar-refractivity contribution in [1.82, 2.24) is 4.98 Å². The van der Waals surface area contributed by atoms with Crippen LogP contribution in [-0.2, 0) is 9.53 Å². The Morgan fingerprint density at radius 3 is 2.83 bits per heavy atom. The Bertz CT molecular complexity index is 987. The van der Waals surface area contributed by atoms with E-state index < -0.39 is 0 Å². The molecule has 0 spiro atoms. The Kier molecular flexibility index (Phi) is 6.20. The van der Waals surface area contributed by atoms with Gasteiger partial charge in [-0.15, -0.1) is 11.8 Å². The Hall–Kier alpha value is -2.32. The minimum absolute atomic E-state index is 0.0968. The molecule has 1 aromatic heterocycles. The number of nitrogens with zero attached hydrogens (tertiary/aromatic N) is 2. The smallest absolute Gasteiger partial charge is 0.306 e. The second kappa shape index (κ2) is 9.00. The second-order valence-electron chi connectivity index (χ2n) is 6.75. The molecule has 1 saturated heterocycles. The fourth-order valence-corrected chi connectivity index (χ4v) is 4.88. The molecule has 0 saturated carbocycles. The van der Waals surface area contributed by atoms with Crippen molar-refractivity contribution in [1.29, 1.82) is 0 Å². The monoisotopic (exact) mass is 432 g/mol. The molecule has 0 unspecified atom stereocenters. The Balaban J connectivity index is 1.15. The molecule has 0 aliphatic carbocycles. The molecule has 3 aromatic rings. The molecule has 0 N–H and O–H groups in total. The number of hydrogen-bond donors (Lipinski definition) is 0. The average Bonchev–Trinajstić information content (AvgIpc) is 3.10. The van der Waals surface area contributed by atoms with Gasteiger partial charge in [0.05, 0.1) is 30.4 Å². The maximum absolute atomic E-state index is 13.3. The molecule has 1 aliphatic rings. The Morgan fingerprint density at radius 2 is 2.07 bits per heavy atom. The van der Waals surface area contributed by atoms with Crippen molar-refractivity contribution in [2.24, 2.45) is 0 Å². The van der Waals surface area contributed by atoms with Crippen molar-refractivity contribution >= 4 is 44.4 Å². The van der Waals surface area contributed by atoms with Gasteiger partial charge in [-0.1, -0.05) is 11.3 Å². The van der Waals surface area contributed by atoms with Gasteiger partial charge in [-0.2, -0.15) is 0 Å². The summed E-state index contributed by atoms with van der Waals surface area (Å²) in [5.74, 6) is 1.29. The zero-order chi connectivity index (χ0) is 20.2. The molecule has 2 heterocycles. The Labute approximate surface area is 176 Å². The van der Waals surface area contributed by atoms with Gasteiger partial charge in [0.15, 0.2) is 5.13 Å². The zero-order valence-electron chi connectivity index (χ0n) is 16.0. The van der Waals surface area contributed by atoms with E-state index in [2.05, 4.69) is 9.88 Å². The molecule has 5 nitrogen and oxygen atoms in total.